The molecule has 1 fully saturated rings. The van der Waals surface area contributed by atoms with Crippen molar-refractivity contribution in [3.8, 4) is 0 Å². The van der Waals surface area contributed by atoms with Crippen molar-refractivity contribution in [3.63, 3.8) is 0 Å². The zero-order valence-corrected chi connectivity index (χ0v) is 9.24. The first-order valence-electron chi connectivity index (χ1n) is 5.58. The molecule has 0 aromatic rings. The Morgan fingerprint density at radius 1 is 1.31 bits per heavy atom. The third-order valence-corrected chi connectivity index (χ3v) is 2.63. The number of aliphatic hydroxyl groups excluding tert-OH is 1. The maximum atomic E-state index is 12.2. The molecular weight excluding hydrogens is 218 g/mol. The second-order valence-corrected chi connectivity index (χ2v) is 3.89. The zero-order valence-electron chi connectivity index (χ0n) is 9.24. The number of likely N-dealkylation sites (tertiary alicyclic amines) is 1. The fourth-order valence-corrected chi connectivity index (χ4v) is 1.84. The van der Waals surface area contributed by atoms with Crippen LogP contribution in [0.4, 0.5) is 13.6 Å². The largest absolute Gasteiger partial charge is 0.395 e. The number of aliphatic hydroxyl groups is 1. The summed E-state index contributed by atoms with van der Waals surface area (Å²) in [6, 6.07) is -0.381. The van der Waals surface area contributed by atoms with E-state index in [0.29, 0.717) is 13.1 Å². The van der Waals surface area contributed by atoms with E-state index >= 15 is 0 Å². The summed E-state index contributed by atoms with van der Waals surface area (Å²) in [5.74, 6) is 0. The number of nitrogens with zero attached hydrogens (tertiary/aromatic N) is 2. The van der Waals surface area contributed by atoms with Crippen molar-refractivity contribution in [2.45, 2.75) is 25.7 Å². The van der Waals surface area contributed by atoms with E-state index in [2.05, 4.69) is 0 Å². The summed E-state index contributed by atoms with van der Waals surface area (Å²) in [4.78, 5) is 14.4. The molecule has 4 nitrogen and oxygen atoms in total. The summed E-state index contributed by atoms with van der Waals surface area (Å²) in [6.07, 6.45) is 0.375. The molecule has 0 bridgehead atoms. The minimum absolute atomic E-state index is 0.0281. The van der Waals surface area contributed by atoms with E-state index in [9.17, 15) is 13.6 Å². The first kappa shape index (κ1) is 13.2. The molecule has 0 radical (unpaired) electrons. The topological polar surface area (TPSA) is 43.8 Å². The Morgan fingerprint density at radius 2 is 1.94 bits per heavy atom. The third kappa shape index (κ3) is 3.92. The average molecular weight is 236 g/mol. The van der Waals surface area contributed by atoms with Gasteiger partial charge in [0.05, 0.1) is 13.2 Å². The molecule has 16 heavy (non-hydrogen) atoms. The highest BCUT2D eigenvalue weighted by molar-refractivity contribution is 5.74. The van der Waals surface area contributed by atoms with Gasteiger partial charge < -0.3 is 14.9 Å². The van der Waals surface area contributed by atoms with E-state index < -0.39 is 13.0 Å². The highest BCUT2D eigenvalue weighted by atomic mass is 19.3. The molecule has 0 saturated carbocycles. The minimum Gasteiger partial charge on any atom is -0.395 e. The lowest BCUT2D eigenvalue weighted by atomic mass is 10.1. The standard InChI is InChI=1S/C10H18F2N2O2/c11-9(12)8-14(6-7-15)10(16)13-4-2-1-3-5-13/h9,15H,1-8H2. The maximum absolute atomic E-state index is 12.2. The molecule has 1 saturated heterocycles. The molecule has 0 atom stereocenters. The molecule has 1 aliphatic heterocycles. The van der Waals surface area contributed by atoms with Crippen LogP contribution in [-0.4, -0.2) is 60.1 Å². The molecule has 0 spiro atoms. The fourth-order valence-electron chi connectivity index (χ4n) is 1.84. The van der Waals surface area contributed by atoms with Gasteiger partial charge in [0.25, 0.3) is 6.43 Å². The Labute approximate surface area is 93.8 Å². The van der Waals surface area contributed by atoms with Gasteiger partial charge in [-0.3, -0.25) is 0 Å². The van der Waals surface area contributed by atoms with Crippen molar-refractivity contribution >= 4 is 6.03 Å². The van der Waals surface area contributed by atoms with Crippen LogP contribution in [0.15, 0.2) is 0 Å². The van der Waals surface area contributed by atoms with Crippen molar-refractivity contribution < 1.29 is 18.7 Å². The molecule has 1 aliphatic rings. The first-order chi connectivity index (χ1) is 7.65. The van der Waals surface area contributed by atoms with Gasteiger partial charge in [-0.2, -0.15) is 0 Å². The molecule has 0 unspecified atom stereocenters. The SMILES string of the molecule is O=C(N1CCCCC1)N(CCO)CC(F)F. The smallest absolute Gasteiger partial charge is 0.320 e. The number of urea groups is 1. The Balaban J connectivity index is 2.50. The molecule has 2 amide bonds. The van der Waals surface area contributed by atoms with E-state index in [-0.39, 0.29) is 19.2 Å². The molecule has 94 valence electrons. The van der Waals surface area contributed by atoms with Crippen LogP contribution in [0, 0.1) is 0 Å². The Hall–Kier alpha value is -0.910. The lowest BCUT2D eigenvalue weighted by Gasteiger charge is -2.32. The number of piperidine rings is 1. The predicted molar refractivity (Wildman–Crippen MR) is 55.5 cm³/mol. The Bertz CT molecular complexity index is 221. The van der Waals surface area contributed by atoms with Gasteiger partial charge in [0.1, 0.15) is 0 Å². The monoisotopic (exact) mass is 236 g/mol. The third-order valence-electron chi connectivity index (χ3n) is 2.63. The lowest BCUT2D eigenvalue weighted by Crippen LogP contribution is -2.48. The number of hydrogen-bond acceptors (Lipinski definition) is 2. The first-order valence-corrected chi connectivity index (χ1v) is 5.58. The molecule has 1 heterocycles. The van der Waals surface area contributed by atoms with Crippen LogP contribution >= 0.6 is 0 Å². The summed E-state index contributed by atoms with van der Waals surface area (Å²) in [6.45, 7) is 0.343. The van der Waals surface area contributed by atoms with Gasteiger partial charge in [-0.1, -0.05) is 0 Å². The van der Waals surface area contributed by atoms with E-state index in [1.54, 1.807) is 4.90 Å². The lowest BCUT2D eigenvalue weighted by molar-refractivity contribution is 0.0743. The fraction of sp³-hybridized carbons (Fsp3) is 0.900. The van der Waals surface area contributed by atoms with Gasteiger partial charge in [-0.25, -0.2) is 13.6 Å². The van der Waals surface area contributed by atoms with Gasteiger partial charge >= 0.3 is 6.03 Å². The molecule has 0 aliphatic carbocycles. The van der Waals surface area contributed by atoms with E-state index in [4.69, 9.17) is 5.11 Å². The predicted octanol–water partition coefficient (Wildman–Crippen LogP) is 1.15. The zero-order chi connectivity index (χ0) is 12.0. The van der Waals surface area contributed by atoms with Crippen molar-refractivity contribution in [2.24, 2.45) is 0 Å². The summed E-state index contributed by atoms with van der Waals surface area (Å²) < 4.78 is 24.5. The second-order valence-electron chi connectivity index (χ2n) is 3.89. The van der Waals surface area contributed by atoms with Gasteiger partial charge in [0.15, 0.2) is 0 Å². The Kier molecular flexibility index (Phi) is 5.45. The van der Waals surface area contributed by atoms with Crippen LogP contribution in [0.5, 0.6) is 0 Å². The molecular formula is C10H18F2N2O2. The highest BCUT2D eigenvalue weighted by Gasteiger charge is 2.24. The summed E-state index contributed by atoms with van der Waals surface area (Å²) in [5.41, 5.74) is 0. The van der Waals surface area contributed by atoms with Crippen molar-refractivity contribution in [1.29, 1.82) is 0 Å². The van der Waals surface area contributed by atoms with Crippen LogP contribution < -0.4 is 0 Å². The van der Waals surface area contributed by atoms with Crippen molar-refractivity contribution in [1.82, 2.24) is 9.80 Å². The quantitative estimate of drug-likeness (QED) is 0.795. The molecule has 1 rings (SSSR count). The number of carbonyl (C=O) groups excluding carboxylic acids is 1. The molecule has 6 heteroatoms. The van der Waals surface area contributed by atoms with Gasteiger partial charge in [0.2, 0.25) is 0 Å². The van der Waals surface area contributed by atoms with Gasteiger partial charge in [0, 0.05) is 19.6 Å². The van der Waals surface area contributed by atoms with E-state index in [1.807, 2.05) is 0 Å². The summed E-state index contributed by atoms with van der Waals surface area (Å²) >= 11 is 0. The highest BCUT2D eigenvalue weighted by Crippen LogP contribution is 2.12. The average Bonchev–Trinajstić information content (AvgIpc) is 2.28. The van der Waals surface area contributed by atoms with Crippen LogP contribution in [-0.2, 0) is 0 Å². The summed E-state index contributed by atoms with van der Waals surface area (Å²) in [5, 5.41) is 8.74. The van der Waals surface area contributed by atoms with Crippen molar-refractivity contribution in [2.75, 3.05) is 32.8 Å². The number of hydrogen-bond donors (Lipinski definition) is 1. The van der Waals surface area contributed by atoms with Crippen LogP contribution in [0.2, 0.25) is 0 Å². The number of alkyl halides is 2. The normalized spacial score (nSPS) is 16.6. The second kappa shape index (κ2) is 6.62. The maximum Gasteiger partial charge on any atom is 0.320 e. The van der Waals surface area contributed by atoms with Crippen molar-refractivity contribution in [3.05, 3.63) is 0 Å². The minimum atomic E-state index is -2.56. The van der Waals surface area contributed by atoms with Crippen LogP contribution in [0.1, 0.15) is 19.3 Å². The number of amides is 2. The van der Waals surface area contributed by atoms with E-state index in [1.165, 1.54) is 0 Å². The van der Waals surface area contributed by atoms with Gasteiger partial charge in [-0.15, -0.1) is 0 Å². The number of carbonyl (C=O) groups is 1. The molecule has 0 aromatic carbocycles. The number of halogens is 2. The number of rotatable bonds is 4. The van der Waals surface area contributed by atoms with Gasteiger partial charge in [-0.05, 0) is 19.3 Å². The molecule has 1 N–H and O–H groups in total. The Morgan fingerprint density at radius 3 is 2.44 bits per heavy atom. The summed E-state index contributed by atoms with van der Waals surface area (Å²) in [7, 11) is 0. The van der Waals surface area contributed by atoms with Crippen LogP contribution in [0.25, 0.3) is 0 Å². The molecule has 0 aromatic heterocycles. The van der Waals surface area contributed by atoms with E-state index in [0.717, 1.165) is 24.2 Å². The van der Waals surface area contributed by atoms with Crippen LogP contribution in [0.3, 0.4) is 0 Å².